The van der Waals surface area contributed by atoms with Gasteiger partial charge in [-0.25, -0.2) is 4.39 Å². The zero-order chi connectivity index (χ0) is 20.1. The zero-order valence-corrected chi connectivity index (χ0v) is 17.0. The van der Waals surface area contributed by atoms with Crippen LogP contribution in [0.15, 0.2) is 42.5 Å². The number of methoxy groups -OCH3 is 1. The molecule has 1 saturated heterocycles. The summed E-state index contributed by atoms with van der Waals surface area (Å²) < 4.78 is 18.8. The number of piperazine rings is 1. The van der Waals surface area contributed by atoms with E-state index in [1.54, 1.807) is 6.07 Å². The fourth-order valence-electron chi connectivity index (χ4n) is 3.51. The molecule has 0 radical (unpaired) electrons. The molecular weight excluding hydrogens is 381 g/mol. The first-order valence-electron chi connectivity index (χ1n) is 9.39. The SMILES string of the molecule is COc1ccc(C[NH+](C)CC(=O)N2CCN(c3ccccc3Cl)CC2)cc1F. The van der Waals surface area contributed by atoms with E-state index in [4.69, 9.17) is 16.3 Å². The number of carbonyl (C=O) groups is 1. The maximum Gasteiger partial charge on any atom is 0.277 e. The lowest BCUT2D eigenvalue weighted by molar-refractivity contribution is -0.885. The van der Waals surface area contributed by atoms with Gasteiger partial charge in [0.05, 0.1) is 24.9 Å². The molecule has 3 rings (SSSR count). The van der Waals surface area contributed by atoms with Crippen molar-refractivity contribution in [1.29, 1.82) is 0 Å². The van der Waals surface area contributed by atoms with Crippen LogP contribution >= 0.6 is 11.6 Å². The summed E-state index contributed by atoms with van der Waals surface area (Å²) in [6, 6.07) is 12.7. The number of quaternary nitrogens is 1. The molecule has 1 atom stereocenters. The largest absolute Gasteiger partial charge is 0.494 e. The highest BCUT2D eigenvalue weighted by atomic mass is 35.5. The predicted octanol–water partition coefficient (Wildman–Crippen LogP) is 1.85. The number of rotatable bonds is 6. The van der Waals surface area contributed by atoms with Crippen molar-refractivity contribution in [2.45, 2.75) is 6.54 Å². The highest BCUT2D eigenvalue weighted by Crippen LogP contribution is 2.26. The molecule has 1 aliphatic rings. The quantitative estimate of drug-likeness (QED) is 0.795. The summed E-state index contributed by atoms with van der Waals surface area (Å²) in [5, 5.41) is 0.734. The number of carbonyl (C=O) groups excluding carboxylic acids is 1. The van der Waals surface area contributed by atoms with Crippen molar-refractivity contribution >= 4 is 23.2 Å². The molecular formula is C21H26ClFN3O2+. The molecule has 7 heteroatoms. The molecule has 0 aliphatic carbocycles. The Labute approximate surface area is 170 Å². The summed E-state index contributed by atoms with van der Waals surface area (Å²) in [7, 11) is 3.39. The van der Waals surface area contributed by atoms with Gasteiger partial charge in [0, 0.05) is 31.7 Å². The fraction of sp³-hybridized carbons (Fsp3) is 0.381. The third-order valence-corrected chi connectivity index (χ3v) is 5.32. The second kappa shape index (κ2) is 9.26. The van der Waals surface area contributed by atoms with E-state index < -0.39 is 0 Å². The maximum absolute atomic E-state index is 13.8. The molecule has 1 N–H and O–H groups in total. The van der Waals surface area contributed by atoms with Gasteiger partial charge in [0.15, 0.2) is 18.1 Å². The van der Waals surface area contributed by atoms with Crippen molar-refractivity contribution in [2.75, 3.05) is 51.8 Å². The topological polar surface area (TPSA) is 37.2 Å². The Kier molecular flexibility index (Phi) is 6.75. The molecule has 150 valence electrons. The monoisotopic (exact) mass is 406 g/mol. The molecule has 28 heavy (non-hydrogen) atoms. The van der Waals surface area contributed by atoms with Crippen LogP contribution in [0.3, 0.4) is 0 Å². The molecule has 2 aromatic carbocycles. The van der Waals surface area contributed by atoms with E-state index in [0.29, 0.717) is 26.2 Å². The van der Waals surface area contributed by atoms with Crippen LogP contribution in [0.2, 0.25) is 5.02 Å². The van der Waals surface area contributed by atoms with Gasteiger partial charge >= 0.3 is 0 Å². The molecule has 2 aromatic rings. The van der Waals surface area contributed by atoms with Crippen LogP contribution in [-0.4, -0.2) is 57.7 Å². The first kappa shape index (κ1) is 20.4. The number of nitrogens with zero attached hydrogens (tertiary/aromatic N) is 2. The van der Waals surface area contributed by atoms with E-state index in [0.717, 1.165) is 34.3 Å². The van der Waals surface area contributed by atoms with Crippen LogP contribution in [0.5, 0.6) is 5.75 Å². The Morgan fingerprint density at radius 2 is 1.89 bits per heavy atom. The number of amides is 1. The standard InChI is InChI=1S/C21H25ClFN3O2/c1-24(14-16-7-8-20(28-2)18(23)13-16)15-21(27)26-11-9-25(10-12-26)19-6-4-3-5-17(19)22/h3-8,13H,9-12,14-15H2,1-2H3/p+1. The number of halogens is 2. The first-order valence-corrected chi connectivity index (χ1v) is 9.76. The van der Waals surface area contributed by atoms with E-state index >= 15 is 0 Å². The Bertz CT molecular complexity index is 825. The Hall–Kier alpha value is -2.31. The Morgan fingerprint density at radius 3 is 2.54 bits per heavy atom. The number of para-hydroxylation sites is 1. The maximum atomic E-state index is 13.8. The van der Waals surface area contributed by atoms with Gasteiger partial charge in [0.1, 0.15) is 6.54 Å². The lowest BCUT2D eigenvalue weighted by Crippen LogP contribution is -3.09. The Balaban J connectivity index is 1.50. The molecule has 0 saturated carbocycles. The Morgan fingerprint density at radius 1 is 1.18 bits per heavy atom. The van der Waals surface area contributed by atoms with Crippen molar-refractivity contribution in [3.63, 3.8) is 0 Å². The smallest absolute Gasteiger partial charge is 0.277 e. The first-order chi connectivity index (χ1) is 13.5. The van der Waals surface area contributed by atoms with E-state index in [1.165, 1.54) is 13.2 Å². The second-order valence-electron chi connectivity index (χ2n) is 7.10. The molecule has 1 amide bonds. The highest BCUT2D eigenvalue weighted by molar-refractivity contribution is 6.33. The number of anilines is 1. The molecule has 5 nitrogen and oxygen atoms in total. The van der Waals surface area contributed by atoms with Crippen molar-refractivity contribution in [3.05, 3.63) is 58.9 Å². The fourth-order valence-corrected chi connectivity index (χ4v) is 3.76. The van der Waals surface area contributed by atoms with Gasteiger partial charge in [-0.1, -0.05) is 23.7 Å². The molecule has 1 heterocycles. The van der Waals surface area contributed by atoms with Crippen molar-refractivity contribution in [3.8, 4) is 5.75 Å². The molecule has 1 unspecified atom stereocenters. The van der Waals surface area contributed by atoms with E-state index in [9.17, 15) is 9.18 Å². The summed E-state index contributed by atoms with van der Waals surface area (Å²) >= 11 is 6.27. The minimum Gasteiger partial charge on any atom is -0.494 e. The van der Waals surface area contributed by atoms with Crippen molar-refractivity contribution < 1.29 is 18.8 Å². The van der Waals surface area contributed by atoms with E-state index in [2.05, 4.69) is 4.90 Å². The number of hydrogen-bond acceptors (Lipinski definition) is 3. The summed E-state index contributed by atoms with van der Waals surface area (Å²) in [4.78, 5) is 17.8. The van der Waals surface area contributed by atoms with E-state index in [1.807, 2.05) is 42.3 Å². The lowest BCUT2D eigenvalue weighted by atomic mass is 10.2. The normalized spacial score (nSPS) is 15.4. The summed E-state index contributed by atoms with van der Waals surface area (Å²) in [6.07, 6.45) is 0. The number of likely N-dealkylation sites (N-methyl/N-ethyl adjacent to an activating group) is 1. The molecule has 1 aliphatic heterocycles. The van der Waals surface area contributed by atoms with Gasteiger partial charge in [-0.15, -0.1) is 0 Å². The second-order valence-corrected chi connectivity index (χ2v) is 7.51. The minimum atomic E-state index is -0.380. The number of ether oxygens (including phenoxy) is 1. The van der Waals surface area contributed by atoms with Gasteiger partial charge in [-0.2, -0.15) is 0 Å². The molecule has 0 bridgehead atoms. The third-order valence-electron chi connectivity index (χ3n) is 5.00. The van der Waals surface area contributed by atoms with Gasteiger partial charge < -0.3 is 19.4 Å². The number of nitrogens with one attached hydrogen (secondary N) is 1. The van der Waals surface area contributed by atoms with Crippen molar-refractivity contribution in [2.24, 2.45) is 0 Å². The van der Waals surface area contributed by atoms with Crippen molar-refractivity contribution in [1.82, 2.24) is 4.90 Å². The highest BCUT2D eigenvalue weighted by Gasteiger charge is 2.24. The van der Waals surface area contributed by atoms with Gasteiger partial charge in [0.2, 0.25) is 0 Å². The van der Waals surface area contributed by atoms with Gasteiger partial charge in [-0.3, -0.25) is 4.79 Å². The average molecular weight is 407 g/mol. The molecule has 0 spiro atoms. The summed E-state index contributed by atoms with van der Waals surface area (Å²) in [5.74, 6) is -0.0333. The third kappa shape index (κ3) is 4.94. The van der Waals surface area contributed by atoms with E-state index in [-0.39, 0.29) is 17.5 Å². The molecule has 1 fully saturated rings. The lowest BCUT2D eigenvalue weighted by Gasteiger charge is -2.36. The summed E-state index contributed by atoms with van der Waals surface area (Å²) in [5.41, 5.74) is 1.85. The predicted molar refractivity (Wildman–Crippen MR) is 109 cm³/mol. The average Bonchev–Trinajstić information content (AvgIpc) is 2.68. The van der Waals surface area contributed by atoms with Crippen LogP contribution in [0.25, 0.3) is 0 Å². The number of benzene rings is 2. The molecule has 0 aromatic heterocycles. The minimum absolute atomic E-state index is 0.116. The zero-order valence-electron chi connectivity index (χ0n) is 16.3. The van der Waals surface area contributed by atoms with Crippen LogP contribution < -0.4 is 14.5 Å². The van der Waals surface area contributed by atoms with Crippen LogP contribution in [0.4, 0.5) is 10.1 Å². The van der Waals surface area contributed by atoms with Crippen LogP contribution in [0.1, 0.15) is 5.56 Å². The van der Waals surface area contributed by atoms with Gasteiger partial charge in [0.25, 0.3) is 5.91 Å². The summed E-state index contributed by atoms with van der Waals surface area (Å²) in [6.45, 7) is 3.82. The van der Waals surface area contributed by atoms with Crippen LogP contribution in [0, 0.1) is 5.82 Å². The van der Waals surface area contributed by atoms with Gasteiger partial charge in [-0.05, 0) is 30.3 Å². The number of hydrogen-bond donors (Lipinski definition) is 1. The van der Waals surface area contributed by atoms with Crippen LogP contribution in [-0.2, 0) is 11.3 Å².